The molecule has 2 amide bonds. The standard InChI is InChI=1S/C21H40N2O4/c1-15(2)22(16(3)4)20(24)26-13-11-10-12-19(9)14-27-21(25)23(17(5)6)18(7)8/h12,15-18H,10-11,13-14H2,1-9H3/b19-12+. The summed E-state index contributed by atoms with van der Waals surface area (Å²) in [6, 6.07) is 0.441. The third kappa shape index (κ3) is 9.68. The van der Waals surface area contributed by atoms with Gasteiger partial charge in [0.25, 0.3) is 0 Å². The number of nitrogens with zero attached hydrogens (tertiary/aromatic N) is 2. The fourth-order valence-corrected chi connectivity index (χ4v) is 3.01. The molecule has 0 unspecified atom stereocenters. The van der Waals surface area contributed by atoms with Gasteiger partial charge in [0.15, 0.2) is 0 Å². The van der Waals surface area contributed by atoms with Gasteiger partial charge in [0.05, 0.1) is 6.61 Å². The van der Waals surface area contributed by atoms with Gasteiger partial charge in [0.1, 0.15) is 6.61 Å². The first-order valence-corrected chi connectivity index (χ1v) is 10.0. The van der Waals surface area contributed by atoms with E-state index in [0.717, 1.165) is 18.4 Å². The zero-order valence-electron chi connectivity index (χ0n) is 18.7. The quantitative estimate of drug-likeness (QED) is 0.382. The minimum Gasteiger partial charge on any atom is -0.449 e. The molecule has 0 aromatic carbocycles. The maximum absolute atomic E-state index is 12.2. The Balaban J connectivity index is 4.24. The van der Waals surface area contributed by atoms with Gasteiger partial charge in [0, 0.05) is 24.2 Å². The van der Waals surface area contributed by atoms with Gasteiger partial charge in [-0.1, -0.05) is 6.08 Å². The molecule has 0 bridgehead atoms. The lowest BCUT2D eigenvalue weighted by molar-refractivity contribution is 0.0782. The number of carbonyl (C=O) groups is 2. The van der Waals surface area contributed by atoms with Gasteiger partial charge in [-0.05, 0) is 80.7 Å². The molecule has 0 fully saturated rings. The summed E-state index contributed by atoms with van der Waals surface area (Å²) in [7, 11) is 0. The predicted molar refractivity (Wildman–Crippen MR) is 110 cm³/mol. The summed E-state index contributed by atoms with van der Waals surface area (Å²) in [6.45, 7) is 18.4. The summed E-state index contributed by atoms with van der Waals surface area (Å²) in [5.74, 6) is 0. The Morgan fingerprint density at radius 2 is 1.19 bits per heavy atom. The average Bonchev–Trinajstić information content (AvgIpc) is 2.51. The third-order valence-electron chi connectivity index (χ3n) is 4.14. The van der Waals surface area contributed by atoms with Crippen molar-refractivity contribution in [3.8, 4) is 0 Å². The van der Waals surface area contributed by atoms with Crippen molar-refractivity contribution in [1.82, 2.24) is 9.80 Å². The highest BCUT2D eigenvalue weighted by Gasteiger charge is 2.22. The molecular formula is C21H40N2O4. The van der Waals surface area contributed by atoms with E-state index in [0.29, 0.717) is 6.61 Å². The highest BCUT2D eigenvalue weighted by molar-refractivity contribution is 5.68. The van der Waals surface area contributed by atoms with E-state index in [-0.39, 0.29) is 43.0 Å². The maximum atomic E-state index is 12.2. The molecule has 0 heterocycles. The Hall–Kier alpha value is -1.72. The second-order valence-corrected chi connectivity index (χ2v) is 8.05. The average molecular weight is 385 g/mol. The second-order valence-electron chi connectivity index (χ2n) is 8.05. The fourth-order valence-electron chi connectivity index (χ4n) is 3.01. The van der Waals surface area contributed by atoms with E-state index in [1.54, 1.807) is 9.80 Å². The zero-order valence-corrected chi connectivity index (χ0v) is 18.7. The Labute approximate surface area is 165 Å². The van der Waals surface area contributed by atoms with Crippen molar-refractivity contribution in [2.75, 3.05) is 13.2 Å². The number of hydrogen-bond donors (Lipinski definition) is 0. The van der Waals surface area contributed by atoms with Crippen LogP contribution in [0.3, 0.4) is 0 Å². The maximum Gasteiger partial charge on any atom is 0.410 e. The van der Waals surface area contributed by atoms with Gasteiger partial charge in [0.2, 0.25) is 0 Å². The van der Waals surface area contributed by atoms with Crippen LogP contribution in [0.5, 0.6) is 0 Å². The number of amides is 2. The molecule has 0 saturated carbocycles. The van der Waals surface area contributed by atoms with Crippen LogP contribution in [-0.4, -0.2) is 59.4 Å². The number of carbonyl (C=O) groups excluding carboxylic acids is 2. The van der Waals surface area contributed by atoms with E-state index in [2.05, 4.69) is 0 Å². The molecule has 6 nitrogen and oxygen atoms in total. The molecule has 0 saturated heterocycles. The van der Waals surface area contributed by atoms with Gasteiger partial charge >= 0.3 is 12.2 Å². The molecule has 0 radical (unpaired) electrons. The van der Waals surface area contributed by atoms with Crippen molar-refractivity contribution in [3.63, 3.8) is 0 Å². The topological polar surface area (TPSA) is 59.1 Å². The fraction of sp³-hybridized carbons (Fsp3) is 0.810. The number of allylic oxidation sites excluding steroid dienone is 1. The number of hydrogen-bond acceptors (Lipinski definition) is 4. The molecule has 27 heavy (non-hydrogen) atoms. The number of rotatable bonds is 10. The van der Waals surface area contributed by atoms with Crippen LogP contribution >= 0.6 is 0 Å². The summed E-state index contributed by atoms with van der Waals surface area (Å²) in [6.07, 6.45) is 2.99. The Morgan fingerprint density at radius 3 is 1.59 bits per heavy atom. The first-order chi connectivity index (χ1) is 12.5. The molecule has 0 rings (SSSR count). The SMILES string of the molecule is C/C(=C\CCCOC(=O)N(C(C)C)C(C)C)COC(=O)N(C(C)C)C(C)C. The van der Waals surface area contributed by atoms with Crippen LogP contribution in [0.4, 0.5) is 9.59 Å². The van der Waals surface area contributed by atoms with Gasteiger partial charge in [-0.15, -0.1) is 0 Å². The molecule has 0 atom stereocenters. The summed E-state index contributed by atoms with van der Waals surface area (Å²) < 4.78 is 10.8. The Kier molecular flexibility index (Phi) is 11.8. The van der Waals surface area contributed by atoms with E-state index >= 15 is 0 Å². The van der Waals surface area contributed by atoms with Crippen LogP contribution < -0.4 is 0 Å². The third-order valence-corrected chi connectivity index (χ3v) is 4.14. The molecule has 0 N–H and O–H groups in total. The van der Waals surface area contributed by atoms with Crippen LogP contribution in [0.1, 0.15) is 75.2 Å². The molecule has 0 spiro atoms. The summed E-state index contributed by atoms with van der Waals surface area (Å²) >= 11 is 0. The van der Waals surface area contributed by atoms with Gasteiger partial charge in [-0.3, -0.25) is 0 Å². The minimum atomic E-state index is -0.288. The summed E-state index contributed by atoms with van der Waals surface area (Å²) in [5.41, 5.74) is 0.994. The van der Waals surface area contributed by atoms with Crippen LogP contribution in [0.25, 0.3) is 0 Å². The highest BCUT2D eigenvalue weighted by atomic mass is 16.6. The summed E-state index contributed by atoms with van der Waals surface area (Å²) in [5, 5.41) is 0. The minimum absolute atomic E-state index is 0.104. The van der Waals surface area contributed by atoms with Crippen molar-refractivity contribution in [1.29, 1.82) is 0 Å². The molecule has 0 aromatic rings. The number of unbranched alkanes of at least 4 members (excludes halogenated alkanes) is 1. The smallest absolute Gasteiger partial charge is 0.410 e. The van der Waals surface area contributed by atoms with E-state index < -0.39 is 0 Å². The van der Waals surface area contributed by atoms with E-state index in [1.807, 2.05) is 68.4 Å². The summed E-state index contributed by atoms with van der Waals surface area (Å²) in [4.78, 5) is 27.7. The van der Waals surface area contributed by atoms with Gasteiger partial charge in [-0.2, -0.15) is 0 Å². The molecule has 0 aliphatic heterocycles. The number of ether oxygens (including phenoxy) is 2. The molecule has 0 aromatic heterocycles. The van der Waals surface area contributed by atoms with Crippen LogP contribution in [0, 0.1) is 0 Å². The van der Waals surface area contributed by atoms with Crippen molar-refractivity contribution in [2.24, 2.45) is 0 Å². The van der Waals surface area contributed by atoms with E-state index in [1.165, 1.54) is 0 Å². The monoisotopic (exact) mass is 384 g/mol. The van der Waals surface area contributed by atoms with Crippen molar-refractivity contribution in [2.45, 2.75) is 99.3 Å². The molecule has 158 valence electrons. The van der Waals surface area contributed by atoms with Crippen LogP contribution in [0.2, 0.25) is 0 Å². The van der Waals surface area contributed by atoms with Gasteiger partial charge < -0.3 is 19.3 Å². The molecule has 0 aliphatic rings. The lowest BCUT2D eigenvalue weighted by atomic mass is 10.2. The van der Waals surface area contributed by atoms with Crippen LogP contribution in [0.15, 0.2) is 11.6 Å². The van der Waals surface area contributed by atoms with Crippen molar-refractivity contribution >= 4 is 12.2 Å². The van der Waals surface area contributed by atoms with Crippen LogP contribution in [-0.2, 0) is 9.47 Å². The van der Waals surface area contributed by atoms with E-state index in [9.17, 15) is 9.59 Å². The Bertz CT molecular complexity index is 469. The first-order valence-electron chi connectivity index (χ1n) is 10.0. The molecule has 0 aliphatic carbocycles. The van der Waals surface area contributed by atoms with Crippen molar-refractivity contribution in [3.05, 3.63) is 11.6 Å². The largest absolute Gasteiger partial charge is 0.449 e. The Morgan fingerprint density at radius 1 is 0.778 bits per heavy atom. The zero-order chi connectivity index (χ0) is 21.1. The molecule has 6 heteroatoms. The predicted octanol–water partition coefficient (Wildman–Crippen LogP) is 5.22. The lowest BCUT2D eigenvalue weighted by Gasteiger charge is -2.29. The highest BCUT2D eigenvalue weighted by Crippen LogP contribution is 2.10. The second kappa shape index (κ2) is 12.6. The van der Waals surface area contributed by atoms with Gasteiger partial charge in [-0.25, -0.2) is 9.59 Å². The normalized spacial score (nSPS) is 12.1. The first kappa shape index (κ1) is 25.3. The lowest BCUT2D eigenvalue weighted by Crippen LogP contribution is -2.42. The van der Waals surface area contributed by atoms with E-state index in [4.69, 9.17) is 9.47 Å². The van der Waals surface area contributed by atoms with Crippen molar-refractivity contribution < 1.29 is 19.1 Å². The molecular weight excluding hydrogens is 344 g/mol.